The molecule has 6 nitrogen and oxygen atoms in total. The Morgan fingerprint density at radius 2 is 1.89 bits per heavy atom. The van der Waals surface area contributed by atoms with Crippen LogP contribution in [0.15, 0.2) is 42.9 Å². The van der Waals surface area contributed by atoms with Crippen LogP contribution in [0.2, 0.25) is 0 Å². The summed E-state index contributed by atoms with van der Waals surface area (Å²) in [6.07, 6.45) is 7.90. The number of aromatic nitrogens is 4. The molecule has 3 heterocycles. The van der Waals surface area contributed by atoms with Gasteiger partial charge < -0.3 is 4.90 Å². The molecule has 146 valence electrons. The van der Waals surface area contributed by atoms with Gasteiger partial charge in [-0.25, -0.2) is 14.4 Å². The lowest BCUT2D eigenvalue weighted by molar-refractivity contribution is 0.198. The summed E-state index contributed by atoms with van der Waals surface area (Å²) in [5.74, 6) is 0.875. The molecule has 28 heavy (non-hydrogen) atoms. The highest BCUT2D eigenvalue weighted by atomic mass is 19.1. The normalized spacial score (nSPS) is 17.6. The fourth-order valence-corrected chi connectivity index (χ4v) is 3.82. The number of H-pyrrole nitrogens is 1. The SMILES string of the molecule is CN(C)c1ncc(CN2CCC[C@@H](c3[nH]ncc3-c3ccc(F)cc3)C2)cn1. The number of likely N-dealkylation sites (tertiary alicyclic amines) is 1. The number of rotatable bonds is 5. The molecule has 1 atom stereocenters. The Morgan fingerprint density at radius 3 is 2.61 bits per heavy atom. The Hall–Kier alpha value is -2.80. The van der Waals surface area contributed by atoms with Crippen molar-refractivity contribution in [1.29, 1.82) is 0 Å². The molecule has 7 heteroatoms. The van der Waals surface area contributed by atoms with Gasteiger partial charge >= 0.3 is 0 Å². The molecule has 0 radical (unpaired) electrons. The van der Waals surface area contributed by atoms with E-state index >= 15 is 0 Å². The van der Waals surface area contributed by atoms with Gasteiger partial charge in [-0.2, -0.15) is 5.10 Å². The van der Waals surface area contributed by atoms with Gasteiger partial charge in [0.2, 0.25) is 5.95 Å². The van der Waals surface area contributed by atoms with E-state index in [4.69, 9.17) is 0 Å². The fraction of sp³-hybridized carbons (Fsp3) is 0.381. The second kappa shape index (κ2) is 8.06. The number of aromatic amines is 1. The first kappa shape index (κ1) is 18.6. The minimum Gasteiger partial charge on any atom is -0.347 e. The predicted molar refractivity (Wildman–Crippen MR) is 108 cm³/mol. The van der Waals surface area contributed by atoms with Crippen LogP contribution >= 0.6 is 0 Å². The molecule has 1 aromatic carbocycles. The van der Waals surface area contributed by atoms with Gasteiger partial charge in [0.15, 0.2) is 0 Å². The zero-order chi connectivity index (χ0) is 19.5. The second-order valence-electron chi connectivity index (χ2n) is 7.56. The third kappa shape index (κ3) is 4.04. The molecule has 1 aliphatic rings. The van der Waals surface area contributed by atoms with E-state index in [-0.39, 0.29) is 5.82 Å². The molecular weight excluding hydrogens is 355 g/mol. The topological polar surface area (TPSA) is 60.9 Å². The standard InChI is InChI=1S/C21H25FN6/c1-27(2)21-23-10-15(11-24-21)13-28-9-3-4-17(14-28)20-19(12-25-26-20)16-5-7-18(22)8-6-16/h5-8,10-12,17H,3-4,9,13-14H2,1-2H3,(H,25,26)/t17-/m1/s1. The van der Waals surface area contributed by atoms with Gasteiger partial charge in [-0.15, -0.1) is 0 Å². The van der Waals surface area contributed by atoms with Gasteiger partial charge in [0.25, 0.3) is 0 Å². The van der Waals surface area contributed by atoms with Crippen LogP contribution in [0.5, 0.6) is 0 Å². The minimum absolute atomic E-state index is 0.222. The van der Waals surface area contributed by atoms with Crippen LogP contribution < -0.4 is 4.90 Å². The molecule has 4 rings (SSSR count). The van der Waals surface area contributed by atoms with Crippen molar-refractivity contribution in [2.24, 2.45) is 0 Å². The van der Waals surface area contributed by atoms with E-state index in [2.05, 4.69) is 25.1 Å². The summed E-state index contributed by atoms with van der Waals surface area (Å²) in [4.78, 5) is 13.2. The minimum atomic E-state index is -0.222. The first-order valence-corrected chi connectivity index (χ1v) is 9.60. The number of nitrogens with zero attached hydrogens (tertiary/aromatic N) is 5. The van der Waals surface area contributed by atoms with E-state index in [1.807, 2.05) is 49.7 Å². The summed E-state index contributed by atoms with van der Waals surface area (Å²) < 4.78 is 13.3. The number of nitrogens with one attached hydrogen (secondary N) is 1. The monoisotopic (exact) mass is 380 g/mol. The lowest BCUT2D eigenvalue weighted by Crippen LogP contribution is -2.34. The predicted octanol–water partition coefficient (Wildman–Crippen LogP) is 3.45. The lowest BCUT2D eigenvalue weighted by atomic mass is 9.90. The summed E-state index contributed by atoms with van der Waals surface area (Å²) in [6, 6.07) is 6.62. The first-order chi connectivity index (χ1) is 13.6. The molecular formula is C21H25FN6. The quantitative estimate of drug-likeness (QED) is 0.735. The molecule has 1 N–H and O–H groups in total. The van der Waals surface area contributed by atoms with Crippen LogP contribution in [0.1, 0.15) is 30.0 Å². The number of hydrogen-bond acceptors (Lipinski definition) is 5. The van der Waals surface area contributed by atoms with E-state index in [0.717, 1.165) is 60.8 Å². The van der Waals surface area contributed by atoms with Crippen LogP contribution in [0.25, 0.3) is 11.1 Å². The maximum absolute atomic E-state index is 13.3. The highest BCUT2D eigenvalue weighted by Gasteiger charge is 2.25. The van der Waals surface area contributed by atoms with E-state index in [9.17, 15) is 4.39 Å². The van der Waals surface area contributed by atoms with Crippen molar-refractivity contribution in [2.75, 3.05) is 32.1 Å². The van der Waals surface area contributed by atoms with Crippen LogP contribution in [-0.2, 0) is 6.54 Å². The summed E-state index contributed by atoms with van der Waals surface area (Å²) in [5, 5.41) is 7.46. The Kier molecular flexibility index (Phi) is 5.34. The molecule has 1 aliphatic heterocycles. The Morgan fingerprint density at radius 1 is 1.14 bits per heavy atom. The molecule has 0 aliphatic carbocycles. The molecule has 2 aromatic heterocycles. The molecule has 0 saturated carbocycles. The molecule has 0 amide bonds. The van der Waals surface area contributed by atoms with Crippen molar-refractivity contribution in [2.45, 2.75) is 25.3 Å². The van der Waals surface area contributed by atoms with Crippen molar-refractivity contribution in [3.63, 3.8) is 0 Å². The third-order valence-electron chi connectivity index (χ3n) is 5.24. The van der Waals surface area contributed by atoms with Gasteiger partial charge in [-0.3, -0.25) is 10.00 Å². The molecule has 0 unspecified atom stereocenters. The van der Waals surface area contributed by atoms with Crippen molar-refractivity contribution >= 4 is 5.95 Å². The van der Waals surface area contributed by atoms with E-state index in [1.54, 1.807) is 0 Å². The molecule has 3 aromatic rings. The van der Waals surface area contributed by atoms with Crippen LogP contribution in [-0.4, -0.2) is 52.3 Å². The Balaban J connectivity index is 1.47. The number of halogens is 1. The van der Waals surface area contributed by atoms with E-state index in [0.29, 0.717) is 5.92 Å². The smallest absolute Gasteiger partial charge is 0.224 e. The second-order valence-corrected chi connectivity index (χ2v) is 7.56. The summed E-state index contributed by atoms with van der Waals surface area (Å²) >= 11 is 0. The zero-order valence-corrected chi connectivity index (χ0v) is 16.3. The van der Waals surface area contributed by atoms with Gasteiger partial charge in [0.1, 0.15) is 5.82 Å². The number of anilines is 1. The van der Waals surface area contributed by atoms with Crippen LogP contribution in [0, 0.1) is 5.82 Å². The van der Waals surface area contributed by atoms with Crippen molar-refractivity contribution in [3.8, 4) is 11.1 Å². The summed E-state index contributed by atoms with van der Waals surface area (Å²) in [6.45, 7) is 2.85. The maximum Gasteiger partial charge on any atom is 0.224 e. The lowest BCUT2D eigenvalue weighted by Gasteiger charge is -2.32. The molecule has 1 fully saturated rings. The van der Waals surface area contributed by atoms with Crippen LogP contribution in [0.3, 0.4) is 0 Å². The summed E-state index contributed by atoms with van der Waals surface area (Å²) in [5.41, 5.74) is 4.31. The first-order valence-electron chi connectivity index (χ1n) is 9.60. The van der Waals surface area contributed by atoms with Gasteiger partial charge in [0.05, 0.1) is 6.20 Å². The highest BCUT2D eigenvalue weighted by Crippen LogP contribution is 2.33. The average Bonchev–Trinajstić information content (AvgIpc) is 3.19. The van der Waals surface area contributed by atoms with Gasteiger partial charge in [-0.05, 0) is 37.1 Å². The summed E-state index contributed by atoms with van der Waals surface area (Å²) in [7, 11) is 3.88. The maximum atomic E-state index is 13.3. The number of benzene rings is 1. The molecule has 0 bridgehead atoms. The van der Waals surface area contributed by atoms with Gasteiger partial charge in [-0.1, -0.05) is 12.1 Å². The number of hydrogen-bond donors (Lipinski definition) is 1. The van der Waals surface area contributed by atoms with Crippen molar-refractivity contribution in [3.05, 3.63) is 59.9 Å². The Bertz CT molecular complexity index is 903. The van der Waals surface area contributed by atoms with Gasteiger partial charge in [0, 0.05) is 62.3 Å². The average molecular weight is 380 g/mol. The van der Waals surface area contributed by atoms with E-state index < -0.39 is 0 Å². The largest absolute Gasteiger partial charge is 0.347 e. The van der Waals surface area contributed by atoms with Crippen molar-refractivity contribution in [1.82, 2.24) is 25.1 Å². The molecule has 0 spiro atoms. The third-order valence-corrected chi connectivity index (χ3v) is 5.24. The number of piperidine rings is 1. The fourth-order valence-electron chi connectivity index (χ4n) is 3.82. The van der Waals surface area contributed by atoms with Crippen LogP contribution in [0.4, 0.5) is 10.3 Å². The Labute approximate surface area is 164 Å². The van der Waals surface area contributed by atoms with Crippen molar-refractivity contribution < 1.29 is 4.39 Å². The van der Waals surface area contributed by atoms with E-state index in [1.165, 1.54) is 12.1 Å². The highest BCUT2D eigenvalue weighted by molar-refractivity contribution is 5.65. The molecule has 1 saturated heterocycles. The zero-order valence-electron chi connectivity index (χ0n) is 16.3.